The Kier molecular flexibility index (Phi) is 17.2. The number of nitro benzene ring substituents is 2. The first kappa shape index (κ1) is 57.5. The van der Waals surface area contributed by atoms with Crippen LogP contribution in [0.1, 0.15) is 112 Å². The van der Waals surface area contributed by atoms with Crippen LogP contribution in [0.15, 0.2) is 115 Å². The van der Waals surface area contributed by atoms with Crippen LogP contribution in [0.2, 0.25) is 0 Å². The topological polar surface area (TPSA) is 377 Å². The Bertz CT molecular complexity index is 3490. The normalized spacial score (nSPS) is 19.0. The first-order chi connectivity index (χ1) is 37.7. The number of nitrogens with one attached hydrogen (secondary N) is 1. The number of fused-ring (bicyclic) bond motifs is 3. The van der Waals surface area contributed by atoms with Crippen molar-refractivity contribution in [3.05, 3.63) is 180 Å². The van der Waals surface area contributed by atoms with Crippen LogP contribution in [-0.2, 0) is 46.6 Å². The number of anilines is 1. The van der Waals surface area contributed by atoms with Crippen molar-refractivity contribution in [3.8, 4) is 0 Å². The van der Waals surface area contributed by atoms with Gasteiger partial charge in [-0.1, -0.05) is 78.9 Å². The van der Waals surface area contributed by atoms with Crippen LogP contribution in [0.25, 0.3) is 0 Å². The standard InChI is InChI=1S/C20H17N3O4.C13H9N3O6.C12H14N2O2.C8H3NO5.ClH/c21-14-8-4-7-13-17(14)20(27)23(18(13)25)15-9-10-16(24)22(19(15)26)11-12-5-2-1-3-6-12;17-9-5-4-8(11(18)14-9)15-12(19)6-2-1-3-7(16(21)22)10(6)13(15)20;13-10-6-7-11(15)14(12(10)16)8-9-4-2-1-3-5-9;10-7-4-2-1-3-5(9(12)13)6(4)8(11)14-7;/h1-8,15H,9-11,21H2;1-3,8H,4-5H2,(H,14,17,18);1-5,10H,6-8,13H2;1-3H;1H. The zero-order valence-electron chi connectivity index (χ0n) is 41.5. The molecule has 26 nitrogen and oxygen atoms in total. The molecule has 3 unspecified atom stereocenters. The monoisotopic (exact) mass is 1110 g/mol. The van der Waals surface area contributed by atoms with Crippen molar-refractivity contribution in [3.63, 3.8) is 0 Å². The number of cyclic esters (lactones) is 2. The first-order valence-corrected chi connectivity index (χ1v) is 24.0. The number of amides is 10. The largest absolute Gasteiger partial charge is 0.398 e. The quantitative estimate of drug-likeness (QED) is 0.0499. The molecule has 0 radical (unpaired) electrons. The number of halogens is 1. The summed E-state index contributed by atoms with van der Waals surface area (Å²) in [6.07, 6.45) is 1.03. The van der Waals surface area contributed by atoms with Gasteiger partial charge in [0.25, 0.3) is 40.9 Å². The van der Waals surface area contributed by atoms with E-state index in [2.05, 4.69) is 10.1 Å². The highest BCUT2D eigenvalue weighted by molar-refractivity contribution is 6.26. The van der Waals surface area contributed by atoms with Gasteiger partial charge in [-0.05, 0) is 54.7 Å². The molecule has 0 aromatic heterocycles. The number of nitro groups is 2. The summed E-state index contributed by atoms with van der Waals surface area (Å²) >= 11 is 0. The third-order valence-corrected chi connectivity index (χ3v) is 13.2. The summed E-state index contributed by atoms with van der Waals surface area (Å²) in [5, 5.41) is 23.6. The maximum Gasteiger partial charge on any atom is 0.353 e. The zero-order chi connectivity index (χ0) is 57.0. The number of nitrogen functional groups attached to an aromatic ring is 1. The number of nitrogens with zero attached hydrogens (tertiary/aromatic N) is 6. The van der Waals surface area contributed by atoms with Gasteiger partial charge in [0.15, 0.2) is 5.56 Å². The molecule has 10 amide bonds. The third kappa shape index (κ3) is 11.4. The van der Waals surface area contributed by atoms with Gasteiger partial charge in [0.05, 0.1) is 51.2 Å². The smallest absolute Gasteiger partial charge is 0.353 e. The maximum absolute atomic E-state index is 13.0. The number of carbonyl (C=O) groups excluding carboxylic acids is 12. The maximum atomic E-state index is 13.0. The molecule has 3 fully saturated rings. The summed E-state index contributed by atoms with van der Waals surface area (Å²) in [6.45, 7) is 0.437. The fraction of sp³-hybridized carbons (Fsp3) is 0.208. The highest BCUT2D eigenvalue weighted by atomic mass is 35.5. The van der Waals surface area contributed by atoms with Gasteiger partial charge in [-0.25, -0.2) is 9.59 Å². The molecule has 80 heavy (non-hydrogen) atoms. The van der Waals surface area contributed by atoms with E-state index in [4.69, 9.17) is 11.5 Å². The third-order valence-electron chi connectivity index (χ3n) is 13.2. The van der Waals surface area contributed by atoms with Crippen LogP contribution in [0.4, 0.5) is 17.1 Å². The van der Waals surface area contributed by atoms with Crippen molar-refractivity contribution in [1.82, 2.24) is 24.9 Å². The minimum atomic E-state index is -1.13. The van der Waals surface area contributed by atoms with Crippen molar-refractivity contribution < 1.29 is 72.1 Å². The molecule has 0 saturated carbocycles. The summed E-state index contributed by atoms with van der Waals surface area (Å²) in [5.74, 6) is -7.06. The molecule has 5 aromatic rings. The molecule has 3 saturated heterocycles. The summed E-state index contributed by atoms with van der Waals surface area (Å²) in [4.78, 5) is 168. The van der Waals surface area contributed by atoms with Gasteiger partial charge in [-0.15, -0.1) is 12.4 Å². The minimum Gasteiger partial charge on any atom is -0.398 e. The number of ether oxygens (including phenoxy) is 1. The van der Waals surface area contributed by atoms with E-state index in [1.165, 1.54) is 35.2 Å². The molecule has 0 bridgehead atoms. The molecule has 410 valence electrons. The molecule has 11 rings (SSSR count). The Labute approximate surface area is 457 Å². The Hall–Kier alpha value is -10.2. The van der Waals surface area contributed by atoms with Crippen LogP contribution in [0, 0.1) is 20.2 Å². The fourth-order valence-electron chi connectivity index (χ4n) is 9.31. The number of hydrogen-bond acceptors (Lipinski definition) is 19. The van der Waals surface area contributed by atoms with Gasteiger partial charge in [0, 0.05) is 37.1 Å². The minimum absolute atomic E-state index is 0. The van der Waals surface area contributed by atoms with E-state index in [0.717, 1.165) is 33.1 Å². The molecular formula is C53H44ClN9O17. The van der Waals surface area contributed by atoms with Crippen LogP contribution in [0.3, 0.4) is 0 Å². The summed E-state index contributed by atoms with van der Waals surface area (Å²) < 4.78 is 4.24. The van der Waals surface area contributed by atoms with E-state index in [1.54, 1.807) is 12.1 Å². The van der Waals surface area contributed by atoms with Crippen LogP contribution >= 0.6 is 12.4 Å². The van der Waals surface area contributed by atoms with Crippen LogP contribution in [0.5, 0.6) is 0 Å². The highest BCUT2D eigenvalue weighted by Crippen LogP contribution is 2.35. The van der Waals surface area contributed by atoms with Crippen molar-refractivity contribution in [2.45, 2.75) is 69.7 Å². The van der Waals surface area contributed by atoms with Gasteiger partial charge >= 0.3 is 11.9 Å². The van der Waals surface area contributed by atoms with Crippen molar-refractivity contribution in [2.24, 2.45) is 5.73 Å². The van der Waals surface area contributed by atoms with Gasteiger partial charge < -0.3 is 16.2 Å². The Balaban J connectivity index is 0.000000158. The number of hydrogen-bond donors (Lipinski definition) is 3. The number of benzene rings is 5. The number of piperidine rings is 3. The van der Waals surface area contributed by atoms with E-state index in [1.807, 2.05) is 60.7 Å². The zero-order valence-corrected chi connectivity index (χ0v) is 42.4. The van der Waals surface area contributed by atoms with E-state index in [9.17, 15) is 77.8 Å². The van der Waals surface area contributed by atoms with E-state index in [-0.39, 0.29) is 101 Å². The molecule has 27 heteroatoms. The lowest BCUT2D eigenvalue weighted by Crippen LogP contribution is -2.55. The van der Waals surface area contributed by atoms with Crippen molar-refractivity contribution in [2.75, 3.05) is 5.73 Å². The number of imide groups is 5. The van der Waals surface area contributed by atoms with Crippen molar-refractivity contribution in [1.29, 1.82) is 0 Å². The second-order valence-corrected chi connectivity index (χ2v) is 18.1. The molecule has 0 spiro atoms. The van der Waals surface area contributed by atoms with Gasteiger partial charge in [0.1, 0.15) is 17.6 Å². The second-order valence-electron chi connectivity index (χ2n) is 18.1. The average molecular weight is 1110 g/mol. The number of esters is 2. The Morgan fingerprint density at radius 1 is 0.512 bits per heavy atom. The Morgan fingerprint density at radius 2 is 0.975 bits per heavy atom. The lowest BCUT2D eigenvalue weighted by molar-refractivity contribution is -0.385. The molecule has 0 aliphatic carbocycles. The van der Waals surface area contributed by atoms with Crippen LogP contribution in [-0.4, -0.2) is 119 Å². The first-order valence-electron chi connectivity index (χ1n) is 24.0. The second kappa shape index (κ2) is 24.0. The number of likely N-dealkylation sites (tertiary alicyclic amines) is 2. The lowest BCUT2D eigenvalue weighted by Gasteiger charge is -2.34. The van der Waals surface area contributed by atoms with Gasteiger partial charge in [0.2, 0.25) is 29.5 Å². The molecular weight excluding hydrogens is 1070 g/mol. The van der Waals surface area contributed by atoms with Gasteiger partial charge in [-0.3, -0.25) is 93.1 Å². The van der Waals surface area contributed by atoms with E-state index < -0.39 is 92.6 Å². The molecule has 6 aliphatic heterocycles. The molecule has 6 aliphatic rings. The highest BCUT2D eigenvalue weighted by Gasteiger charge is 2.49. The SMILES string of the molecule is Cl.NC1CCC(=O)N(Cc2ccccc2)C1=O.Nc1cccc2c1C(=O)N(C1CCC(=O)N(Cc3ccccc3)C1=O)C2=O.O=C1CCC(N2C(=O)c3cccc([N+](=O)[O-])c3C2=O)C(=O)N1.O=C1OC(=O)c2c1cccc2[N+](=O)[O-]. The van der Waals surface area contributed by atoms with E-state index >= 15 is 0 Å². The summed E-state index contributed by atoms with van der Waals surface area (Å²) in [5.41, 5.74) is 12.1. The predicted molar refractivity (Wildman–Crippen MR) is 275 cm³/mol. The Morgan fingerprint density at radius 3 is 1.51 bits per heavy atom. The molecule has 5 N–H and O–H groups in total. The van der Waals surface area contributed by atoms with Crippen molar-refractivity contribution >= 4 is 100 Å². The fourth-order valence-corrected chi connectivity index (χ4v) is 9.31. The van der Waals surface area contributed by atoms with Gasteiger partial charge in [-0.2, -0.15) is 0 Å². The van der Waals surface area contributed by atoms with E-state index in [0.29, 0.717) is 24.3 Å². The average Bonchev–Trinajstić information content (AvgIpc) is 4.19. The predicted octanol–water partition coefficient (Wildman–Crippen LogP) is 3.57. The molecule has 6 heterocycles. The molecule has 3 atom stereocenters. The number of rotatable bonds is 8. The van der Waals surface area contributed by atoms with Crippen LogP contribution < -0.4 is 16.8 Å². The number of carbonyl (C=O) groups is 12. The number of nitrogens with two attached hydrogens (primary N) is 2. The lowest BCUT2D eigenvalue weighted by atomic mass is 10.0. The summed E-state index contributed by atoms with van der Waals surface area (Å²) in [6, 6.07) is 28.1. The molecule has 5 aromatic carbocycles. The summed E-state index contributed by atoms with van der Waals surface area (Å²) in [7, 11) is 0.